The molecule has 0 fully saturated rings. The van der Waals surface area contributed by atoms with Crippen molar-refractivity contribution in [2.45, 2.75) is 26.5 Å². The molecular formula is C15H17NO4. The molecule has 0 heterocycles. The van der Waals surface area contributed by atoms with E-state index in [9.17, 15) is 9.59 Å². The van der Waals surface area contributed by atoms with Gasteiger partial charge in [0.05, 0.1) is 6.54 Å². The minimum Gasteiger partial charge on any atom is -0.480 e. The minimum absolute atomic E-state index is 0.0254. The molecule has 1 rings (SSSR count). The van der Waals surface area contributed by atoms with Crippen LogP contribution in [-0.2, 0) is 16.1 Å². The third kappa shape index (κ3) is 4.65. The van der Waals surface area contributed by atoms with Gasteiger partial charge in [-0.15, -0.1) is 5.92 Å². The lowest BCUT2D eigenvalue weighted by molar-refractivity contribution is -0.141. The maximum Gasteiger partial charge on any atom is 0.411 e. The predicted octanol–water partition coefficient (Wildman–Crippen LogP) is 2.12. The van der Waals surface area contributed by atoms with Crippen molar-refractivity contribution in [2.24, 2.45) is 0 Å². The molecule has 20 heavy (non-hydrogen) atoms. The van der Waals surface area contributed by atoms with Crippen LogP contribution in [0.25, 0.3) is 0 Å². The Hall–Kier alpha value is -2.48. The Morgan fingerprint density at radius 1 is 1.35 bits per heavy atom. The number of benzene rings is 1. The molecule has 0 saturated carbocycles. The molecule has 0 radical (unpaired) electrons. The molecule has 0 aliphatic heterocycles. The van der Waals surface area contributed by atoms with Crippen LogP contribution in [0.3, 0.4) is 0 Å². The number of carboxylic acids is 1. The van der Waals surface area contributed by atoms with Gasteiger partial charge in [-0.05, 0) is 19.4 Å². The first-order chi connectivity index (χ1) is 9.56. The quantitative estimate of drug-likeness (QED) is 0.836. The molecule has 1 aromatic carbocycles. The smallest absolute Gasteiger partial charge is 0.411 e. The average Bonchev–Trinajstić information content (AvgIpc) is 2.46. The van der Waals surface area contributed by atoms with E-state index < -0.39 is 18.1 Å². The van der Waals surface area contributed by atoms with Crippen LogP contribution in [-0.4, -0.2) is 34.7 Å². The number of carboxylic acid groups (broad SMARTS) is 1. The number of carbonyl (C=O) groups is 2. The van der Waals surface area contributed by atoms with Gasteiger partial charge in [-0.1, -0.05) is 36.3 Å². The first-order valence-corrected chi connectivity index (χ1v) is 6.16. The van der Waals surface area contributed by atoms with E-state index in [1.807, 2.05) is 30.3 Å². The molecule has 1 N–H and O–H groups in total. The number of rotatable bonds is 5. The number of nitrogens with zero attached hydrogens (tertiary/aromatic N) is 1. The molecule has 0 aliphatic carbocycles. The van der Waals surface area contributed by atoms with E-state index in [0.29, 0.717) is 0 Å². The first-order valence-electron chi connectivity index (χ1n) is 6.16. The Bertz CT molecular complexity index is 516. The fraction of sp³-hybridized carbons (Fsp3) is 0.333. The Morgan fingerprint density at radius 2 is 2.00 bits per heavy atom. The second-order valence-electron chi connectivity index (χ2n) is 4.11. The van der Waals surface area contributed by atoms with Gasteiger partial charge >= 0.3 is 12.1 Å². The van der Waals surface area contributed by atoms with Crippen molar-refractivity contribution in [1.82, 2.24) is 4.90 Å². The van der Waals surface area contributed by atoms with Gasteiger partial charge in [0.2, 0.25) is 0 Å². The van der Waals surface area contributed by atoms with Crippen LogP contribution in [0, 0.1) is 11.8 Å². The molecule has 1 amide bonds. The lowest BCUT2D eigenvalue weighted by atomic mass is 10.2. The standard InChI is InChI=1S/C15H17NO4/c1-3-4-10-16(12(2)14(17)18)15(19)20-11-13-8-6-5-7-9-13/h5-9,12H,10-11H2,1-2H3,(H,17,18)/t12-/m1/s1. The molecule has 0 aromatic heterocycles. The number of hydrogen-bond acceptors (Lipinski definition) is 3. The molecule has 5 heteroatoms. The second-order valence-corrected chi connectivity index (χ2v) is 4.11. The van der Waals surface area contributed by atoms with Gasteiger partial charge < -0.3 is 9.84 Å². The molecule has 5 nitrogen and oxygen atoms in total. The number of amides is 1. The number of ether oxygens (including phenoxy) is 1. The Labute approximate surface area is 118 Å². The molecule has 0 bridgehead atoms. The zero-order valence-electron chi connectivity index (χ0n) is 11.5. The van der Waals surface area contributed by atoms with Crippen LogP contribution < -0.4 is 0 Å². The van der Waals surface area contributed by atoms with Crippen LogP contribution in [0.5, 0.6) is 0 Å². The molecule has 0 saturated heterocycles. The molecular weight excluding hydrogens is 258 g/mol. The van der Waals surface area contributed by atoms with Crippen molar-refractivity contribution in [1.29, 1.82) is 0 Å². The third-order valence-electron chi connectivity index (χ3n) is 2.69. The van der Waals surface area contributed by atoms with Crippen LogP contribution >= 0.6 is 0 Å². The highest BCUT2D eigenvalue weighted by molar-refractivity contribution is 5.79. The molecule has 106 valence electrons. The number of carbonyl (C=O) groups excluding carboxylic acids is 1. The number of aliphatic carboxylic acids is 1. The first kappa shape index (κ1) is 15.6. The SMILES string of the molecule is CC#CCN(C(=O)OCc1ccccc1)[C@H](C)C(=O)O. The van der Waals surface area contributed by atoms with Gasteiger partial charge in [-0.2, -0.15) is 0 Å². The average molecular weight is 275 g/mol. The Balaban J connectivity index is 2.67. The lowest BCUT2D eigenvalue weighted by Gasteiger charge is -2.23. The van der Waals surface area contributed by atoms with Crippen molar-refractivity contribution < 1.29 is 19.4 Å². The molecule has 1 aromatic rings. The summed E-state index contributed by atoms with van der Waals surface area (Å²) in [5.74, 6) is 4.21. The van der Waals surface area contributed by atoms with Gasteiger partial charge in [-0.3, -0.25) is 4.90 Å². The summed E-state index contributed by atoms with van der Waals surface area (Å²) in [6.07, 6.45) is -0.688. The highest BCUT2D eigenvalue weighted by Gasteiger charge is 2.26. The van der Waals surface area contributed by atoms with E-state index >= 15 is 0 Å². The number of hydrogen-bond donors (Lipinski definition) is 1. The summed E-state index contributed by atoms with van der Waals surface area (Å²) in [5.41, 5.74) is 0.838. The van der Waals surface area contributed by atoms with Crippen LogP contribution in [0.4, 0.5) is 4.79 Å². The summed E-state index contributed by atoms with van der Waals surface area (Å²) in [4.78, 5) is 24.0. The van der Waals surface area contributed by atoms with Crippen molar-refractivity contribution in [3.05, 3.63) is 35.9 Å². The van der Waals surface area contributed by atoms with Gasteiger partial charge in [-0.25, -0.2) is 9.59 Å². The molecule has 0 unspecified atom stereocenters. The summed E-state index contributed by atoms with van der Waals surface area (Å²) in [5, 5.41) is 8.99. The van der Waals surface area contributed by atoms with Gasteiger partial charge in [0, 0.05) is 0 Å². The van der Waals surface area contributed by atoms with Crippen LogP contribution in [0.1, 0.15) is 19.4 Å². The van der Waals surface area contributed by atoms with E-state index in [0.717, 1.165) is 10.5 Å². The van der Waals surface area contributed by atoms with E-state index in [4.69, 9.17) is 9.84 Å². The summed E-state index contributed by atoms with van der Waals surface area (Å²) in [6.45, 7) is 3.17. The topological polar surface area (TPSA) is 66.8 Å². The van der Waals surface area contributed by atoms with E-state index in [1.165, 1.54) is 6.92 Å². The highest BCUT2D eigenvalue weighted by atomic mass is 16.6. The summed E-state index contributed by atoms with van der Waals surface area (Å²) < 4.78 is 5.11. The summed E-state index contributed by atoms with van der Waals surface area (Å²) in [6, 6.07) is 8.20. The predicted molar refractivity (Wildman–Crippen MR) is 73.9 cm³/mol. The highest BCUT2D eigenvalue weighted by Crippen LogP contribution is 2.06. The van der Waals surface area contributed by atoms with Gasteiger partial charge in [0.15, 0.2) is 0 Å². The van der Waals surface area contributed by atoms with E-state index in [1.54, 1.807) is 6.92 Å². The fourth-order valence-electron chi connectivity index (χ4n) is 1.46. The summed E-state index contributed by atoms with van der Waals surface area (Å²) in [7, 11) is 0. The third-order valence-corrected chi connectivity index (χ3v) is 2.69. The van der Waals surface area contributed by atoms with E-state index in [2.05, 4.69) is 11.8 Å². The monoisotopic (exact) mass is 275 g/mol. The van der Waals surface area contributed by atoms with Gasteiger partial charge in [0.1, 0.15) is 12.6 Å². The van der Waals surface area contributed by atoms with Gasteiger partial charge in [0.25, 0.3) is 0 Å². The van der Waals surface area contributed by atoms with Crippen molar-refractivity contribution in [3.8, 4) is 11.8 Å². The van der Waals surface area contributed by atoms with Crippen molar-refractivity contribution in [2.75, 3.05) is 6.54 Å². The molecule has 0 aliphatic rings. The normalized spacial score (nSPS) is 10.9. The van der Waals surface area contributed by atoms with Crippen LogP contribution in [0.15, 0.2) is 30.3 Å². The molecule has 0 spiro atoms. The Morgan fingerprint density at radius 3 is 2.55 bits per heavy atom. The van der Waals surface area contributed by atoms with Crippen LogP contribution in [0.2, 0.25) is 0 Å². The zero-order valence-corrected chi connectivity index (χ0v) is 11.5. The lowest BCUT2D eigenvalue weighted by Crippen LogP contribution is -2.43. The maximum absolute atomic E-state index is 11.9. The Kier molecular flexibility index (Phi) is 6.11. The van der Waals surface area contributed by atoms with Crippen molar-refractivity contribution in [3.63, 3.8) is 0 Å². The fourth-order valence-corrected chi connectivity index (χ4v) is 1.46. The minimum atomic E-state index is -1.10. The van der Waals surface area contributed by atoms with Crippen molar-refractivity contribution >= 4 is 12.1 Å². The summed E-state index contributed by atoms with van der Waals surface area (Å²) >= 11 is 0. The zero-order chi connectivity index (χ0) is 15.0. The van der Waals surface area contributed by atoms with E-state index in [-0.39, 0.29) is 13.2 Å². The molecule has 1 atom stereocenters. The largest absolute Gasteiger partial charge is 0.480 e. The maximum atomic E-state index is 11.9. The second kappa shape index (κ2) is 7.85.